The molecule has 1 amide bonds. The zero-order valence-corrected chi connectivity index (χ0v) is 13.1. The first-order chi connectivity index (χ1) is 10.6. The van der Waals surface area contributed by atoms with Crippen molar-refractivity contribution in [3.8, 4) is 0 Å². The van der Waals surface area contributed by atoms with E-state index in [1.54, 1.807) is 6.07 Å². The Hall–Kier alpha value is -2.23. The predicted molar refractivity (Wildman–Crippen MR) is 87.3 cm³/mol. The van der Waals surface area contributed by atoms with Gasteiger partial charge in [-0.3, -0.25) is 4.79 Å². The number of furan rings is 1. The fraction of sp³-hybridized carbons (Fsp3) is 0.389. The highest BCUT2D eigenvalue weighted by Gasteiger charge is 2.25. The highest BCUT2D eigenvalue weighted by Crippen LogP contribution is 2.24. The van der Waals surface area contributed by atoms with Gasteiger partial charge < -0.3 is 14.6 Å². The van der Waals surface area contributed by atoms with Crippen LogP contribution in [0.25, 0.3) is 0 Å². The minimum atomic E-state index is -0.0470. The highest BCUT2D eigenvalue weighted by atomic mass is 16.3. The molecule has 2 aromatic rings. The summed E-state index contributed by atoms with van der Waals surface area (Å²) in [5.74, 6) is 1.41. The molecule has 4 heteroatoms. The molecule has 0 saturated carbocycles. The van der Waals surface area contributed by atoms with Crippen molar-refractivity contribution in [1.82, 2.24) is 5.32 Å². The number of amides is 1. The van der Waals surface area contributed by atoms with Crippen molar-refractivity contribution in [1.29, 1.82) is 0 Å². The van der Waals surface area contributed by atoms with Gasteiger partial charge in [-0.15, -0.1) is 0 Å². The minimum Gasteiger partial charge on any atom is -0.466 e. The number of para-hydroxylation sites is 1. The van der Waals surface area contributed by atoms with Crippen molar-refractivity contribution in [3.63, 3.8) is 0 Å². The van der Waals surface area contributed by atoms with E-state index in [2.05, 4.69) is 34.5 Å². The van der Waals surface area contributed by atoms with Crippen LogP contribution in [0.1, 0.15) is 34.7 Å². The van der Waals surface area contributed by atoms with Gasteiger partial charge in [0.05, 0.1) is 5.56 Å². The number of benzene rings is 1. The number of carbonyl (C=O) groups excluding carboxylic acids is 1. The summed E-state index contributed by atoms with van der Waals surface area (Å²) >= 11 is 0. The van der Waals surface area contributed by atoms with Gasteiger partial charge in [-0.1, -0.05) is 18.2 Å². The molecule has 0 spiro atoms. The quantitative estimate of drug-likeness (QED) is 0.942. The second kappa shape index (κ2) is 6.26. The van der Waals surface area contributed by atoms with Crippen LogP contribution in [0.15, 0.2) is 40.8 Å². The number of nitrogens with zero attached hydrogens (tertiary/aromatic N) is 1. The van der Waals surface area contributed by atoms with E-state index < -0.39 is 0 Å². The van der Waals surface area contributed by atoms with Crippen LogP contribution in [0.2, 0.25) is 0 Å². The molecule has 1 fully saturated rings. The monoisotopic (exact) mass is 298 g/mol. The molecule has 2 heterocycles. The third-order valence-corrected chi connectivity index (χ3v) is 4.25. The molecule has 1 atom stereocenters. The van der Waals surface area contributed by atoms with Gasteiger partial charge in [0.1, 0.15) is 11.5 Å². The van der Waals surface area contributed by atoms with E-state index in [4.69, 9.17) is 4.42 Å². The van der Waals surface area contributed by atoms with Crippen molar-refractivity contribution in [2.75, 3.05) is 18.0 Å². The average molecular weight is 298 g/mol. The summed E-state index contributed by atoms with van der Waals surface area (Å²) in [6.07, 6.45) is 2.28. The lowest BCUT2D eigenvalue weighted by Gasteiger charge is -2.27. The van der Waals surface area contributed by atoms with Crippen molar-refractivity contribution in [3.05, 3.63) is 53.5 Å². The second-order valence-corrected chi connectivity index (χ2v) is 5.86. The Morgan fingerprint density at radius 3 is 2.77 bits per heavy atom. The smallest absolute Gasteiger partial charge is 0.254 e. The lowest BCUT2D eigenvalue weighted by molar-refractivity contribution is 0.0950. The first-order valence-electron chi connectivity index (χ1n) is 7.82. The second-order valence-electron chi connectivity index (χ2n) is 5.86. The van der Waals surface area contributed by atoms with Crippen LogP contribution < -0.4 is 10.2 Å². The van der Waals surface area contributed by atoms with Crippen molar-refractivity contribution >= 4 is 11.6 Å². The number of hydrogen-bond donors (Lipinski definition) is 1. The van der Waals surface area contributed by atoms with Crippen LogP contribution >= 0.6 is 0 Å². The summed E-state index contributed by atoms with van der Waals surface area (Å²) in [5.41, 5.74) is 1.87. The minimum absolute atomic E-state index is 0.0470. The summed E-state index contributed by atoms with van der Waals surface area (Å²) in [5, 5.41) is 3.05. The number of anilines is 1. The number of hydrogen-bond acceptors (Lipinski definition) is 3. The molecule has 1 unspecified atom stereocenters. The molecule has 22 heavy (non-hydrogen) atoms. The maximum Gasteiger partial charge on any atom is 0.254 e. The number of rotatable bonds is 4. The molecule has 1 aromatic heterocycles. The van der Waals surface area contributed by atoms with E-state index in [0.717, 1.165) is 18.7 Å². The maximum absolute atomic E-state index is 12.3. The zero-order chi connectivity index (χ0) is 15.5. The van der Waals surface area contributed by atoms with Gasteiger partial charge in [0.2, 0.25) is 0 Å². The molecule has 116 valence electrons. The molecular weight excluding hydrogens is 276 g/mol. The van der Waals surface area contributed by atoms with Crippen LogP contribution in [-0.2, 0) is 0 Å². The van der Waals surface area contributed by atoms with Crippen molar-refractivity contribution in [2.24, 2.45) is 0 Å². The Bertz CT molecular complexity index is 648. The Morgan fingerprint density at radius 1 is 1.32 bits per heavy atom. The van der Waals surface area contributed by atoms with Gasteiger partial charge >= 0.3 is 0 Å². The number of carbonyl (C=O) groups is 1. The lowest BCUT2D eigenvalue weighted by atomic mass is 10.2. The Labute approximate surface area is 131 Å². The molecule has 3 rings (SSSR count). The van der Waals surface area contributed by atoms with E-state index >= 15 is 0 Å². The molecule has 1 aliphatic heterocycles. The molecule has 0 aliphatic carbocycles. The van der Waals surface area contributed by atoms with Gasteiger partial charge in [-0.05, 0) is 44.9 Å². The third kappa shape index (κ3) is 3.01. The van der Waals surface area contributed by atoms with Crippen LogP contribution in [0.3, 0.4) is 0 Å². The molecule has 1 saturated heterocycles. The topological polar surface area (TPSA) is 45.5 Å². The van der Waals surface area contributed by atoms with E-state index in [1.165, 1.54) is 12.1 Å². The highest BCUT2D eigenvalue weighted by molar-refractivity contribution is 5.95. The Balaban J connectivity index is 1.63. The zero-order valence-electron chi connectivity index (χ0n) is 13.1. The summed E-state index contributed by atoms with van der Waals surface area (Å²) in [6.45, 7) is 5.40. The standard InChI is InChI=1S/C18H22N2O2/c1-13-11-17(14(2)22-13)18(21)19-12-16-9-6-10-20(16)15-7-4-3-5-8-15/h3-5,7-8,11,16H,6,9-10,12H2,1-2H3,(H,19,21). The maximum atomic E-state index is 12.3. The molecular formula is C18H22N2O2. The van der Waals surface area contributed by atoms with Crippen LogP contribution in [0.4, 0.5) is 5.69 Å². The number of aryl methyl sites for hydroxylation is 2. The molecule has 0 bridgehead atoms. The molecule has 1 aromatic carbocycles. The summed E-state index contributed by atoms with van der Waals surface area (Å²) in [7, 11) is 0. The molecule has 0 radical (unpaired) electrons. The van der Waals surface area contributed by atoms with E-state index in [9.17, 15) is 4.79 Å². The fourth-order valence-electron chi connectivity index (χ4n) is 3.17. The normalized spacial score (nSPS) is 17.7. The third-order valence-electron chi connectivity index (χ3n) is 4.25. The van der Waals surface area contributed by atoms with Gasteiger partial charge in [-0.2, -0.15) is 0 Å². The van der Waals surface area contributed by atoms with E-state index in [-0.39, 0.29) is 5.91 Å². The van der Waals surface area contributed by atoms with E-state index in [0.29, 0.717) is 23.9 Å². The molecule has 1 aliphatic rings. The average Bonchev–Trinajstić information content (AvgIpc) is 3.12. The van der Waals surface area contributed by atoms with Crippen molar-refractivity contribution < 1.29 is 9.21 Å². The van der Waals surface area contributed by atoms with Gasteiger partial charge in [0.15, 0.2) is 0 Å². The lowest BCUT2D eigenvalue weighted by Crippen LogP contribution is -2.40. The SMILES string of the molecule is Cc1cc(C(=O)NCC2CCCN2c2ccccc2)c(C)o1. The number of nitrogens with one attached hydrogen (secondary N) is 1. The van der Waals surface area contributed by atoms with Gasteiger partial charge in [0, 0.05) is 24.8 Å². The summed E-state index contributed by atoms with van der Waals surface area (Å²) < 4.78 is 5.43. The van der Waals surface area contributed by atoms with Crippen LogP contribution in [0, 0.1) is 13.8 Å². The first-order valence-corrected chi connectivity index (χ1v) is 7.82. The van der Waals surface area contributed by atoms with E-state index in [1.807, 2.05) is 19.9 Å². The Morgan fingerprint density at radius 2 is 2.09 bits per heavy atom. The largest absolute Gasteiger partial charge is 0.466 e. The predicted octanol–water partition coefficient (Wildman–Crippen LogP) is 3.30. The van der Waals surface area contributed by atoms with Crippen molar-refractivity contribution in [2.45, 2.75) is 32.7 Å². The van der Waals surface area contributed by atoms with Crippen LogP contribution in [0.5, 0.6) is 0 Å². The summed E-state index contributed by atoms with van der Waals surface area (Å²) in [4.78, 5) is 14.7. The van der Waals surface area contributed by atoms with Gasteiger partial charge in [-0.25, -0.2) is 0 Å². The molecule has 4 nitrogen and oxygen atoms in total. The van der Waals surface area contributed by atoms with Gasteiger partial charge in [0.25, 0.3) is 5.91 Å². The summed E-state index contributed by atoms with van der Waals surface area (Å²) in [6, 6.07) is 12.6. The van der Waals surface area contributed by atoms with Crippen LogP contribution in [-0.4, -0.2) is 25.0 Å². The fourth-order valence-corrected chi connectivity index (χ4v) is 3.17. The molecule has 1 N–H and O–H groups in total. The first kappa shape index (κ1) is 14.7. The Kier molecular flexibility index (Phi) is 4.18.